The Labute approximate surface area is 142 Å². The van der Waals surface area contributed by atoms with Gasteiger partial charge in [-0.2, -0.15) is 0 Å². The van der Waals surface area contributed by atoms with Crippen LogP contribution in [0.25, 0.3) is 0 Å². The minimum atomic E-state index is -0.485. The van der Waals surface area contributed by atoms with Crippen LogP contribution in [0.1, 0.15) is 26.3 Å². The Hall–Kier alpha value is -1.53. The molecule has 128 valence electrons. The topological polar surface area (TPSA) is 65.9 Å². The Morgan fingerprint density at radius 1 is 1.35 bits per heavy atom. The van der Waals surface area contributed by atoms with Gasteiger partial charge in [-0.05, 0) is 38.8 Å². The van der Waals surface area contributed by atoms with Crippen molar-refractivity contribution < 1.29 is 14.6 Å². The smallest absolute Gasteiger partial charge is 0.410 e. The molecule has 0 spiro atoms. The van der Waals surface area contributed by atoms with Crippen molar-refractivity contribution in [2.75, 3.05) is 37.7 Å². The third-order valence-corrected chi connectivity index (χ3v) is 3.79. The normalized spacial score (nSPS) is 15.7. The van der Waals surface area contributed by atoms with Crippen molar-refractivity contribution in [3.8, 4) is 0 Å². The van der Waals surface area contributed by atoms with Crippen molar-refractivity contribution in [3.63, 3.8) is 0 Å². The van der Waals surface area contributed by atoms with E-state index in [-0.39, 0.29) is 12.7 Å². The first kappa shape index (κ1) is 17.8. The molecule has 23 heavy (non-hydrogen) atoms. The number of amides is 1. The van der Waals surface area contributed by atoms with Gasteiger partial charge in [0.1, 0.15) is 11.4 Å². The molecule has 0 radical (unpaired) electrons. The van der Waals surface area contributed by atoms with Crippen LogP contribution in [-0.4, -0.2) is 59.5 Å². The molecule has 1 aromatic rings. The van der Waals surface area contributed by atoms with Crippen molar-refractivity contribution >= 4 is 23.5 Å². The van der Waals surface area contributed by atoms with Crippen LogP contribution in [0.15, 0.2) is 12.3 Å². The highest BCUT2D eigenvalue weighted by Gasteiger charge is 2.27. The van der Waals surface area contributed by atoms with Crippen LogP contribution in [0, 0.1) is 0 Å². The van der Waals surface area contributed by atoms with Crippen molar-refractivity contribution in [2.45, 2.75) is 32.8 Å². The van der Waals surface area contributed by atoms with Gasteiger partial charge in [-0.25, -0.2) is 9.78 Å². The second-order valence-electron chi connectivity index (χ2n) is 6.58. The molecule has 6 nitrogen and oxygen atoms in total. The first-order valence-corrected chi connectivity index (χ1v) is 8.16. The molecule has 1 aromatic heterocycles. The molecule has 1 saturated heterocycles. The number of aliphatic hydroxyl groups excluding tert-OH is 1. The summed E-state index contributed by atoms with van der Waals surface area (Å²) in [5.41, 5.74) is 0.426. The van der Waals surface area contributed by atoms with Crippen LogP contribution in [0.3, 0.4) is 0 Å². The van der Waals surface area contributed by atoms with Crippen LogP contribution in [0.4, 0.5) is 10.6 Å². The van der Waals surface area contributed by atoms with E-state index in [1.165, 1.54) is 0 Å². The van der Waals surface area contributed by atoms with E-state index in [9.17, 15) is 4.79 Å². The number of pyridine rings is 1. The lowest BCUT2D eigenvalue weighted by Crippen LogP contribution is -2.50. The van der Waals surface area contributed by atoms with E-state index in [2.05, 4.69) is 9.88 Å². The number of nitrogens with zero attached hydrogens (tertiary/aromatic N) is 3. The first-order valence-electron chi connectivity index (χ1n) is 7.78. The van der Waals surface area contributed by atoms with Crippen LogP contribution >= 0.6 is 11.6 Å². The molecule has 1 N–H and O–H groups in total. The summed E-state index contributed by atoms with van der Waals surface area (Å²) in [5, 5.41) is 9.53. The largest absolute Gasteiger partial charge is 0.444 e. The third-order valence-electron chi connectivity index (χ3n) is 3.51. The van der Waals surface area contributed by atoms with Crippen molar-refractivity contribution in [3.05, 3.63) is 22.8 Å². The molecule has 1 amide bonds. The zero-order valence-electron chi connectivity index (χ0n) is 13.9. The number of ether oxygens (including phenoxy) is 1. The van der Waals surface area contributed by atoms with Crippen LogP contribution < -0.4 is 4.90 Å². The zero-order chi connectivity index (χ0) is 17.0. The second-order valence-corrected chi connectivity index (χ2v) is 6.98. The summed E-state index contributed by atoms with van der Waals surface area (Å²) in [6, 6.07) is 1.83. The monoisotopic (exact) mass is 341 g/mol. The van der Waals surface area contributed by atoms with Gasteiger partial charge in [0, 0.05) is 39.0 Å². The standard InChI is InChI=1S/C16H24ClN3O3/c1-16(2,3)23-15(22)20-7-5-19(6-8-20)14-13(17)10-12(4-9-21)11-18-14/h10-11,21H,4-9H2,1-3H3. The number of rotatable bonds is 3. The molecule has 2 heterocycles. The highest BCUT2D eigenvalue weighted by atomic mass is 35.5. The van der Waals surface area contributed by atoms with Gasteiger partial charge in [-0.1, -0.05) is 11.6 Å². The number of carbonyl (C=O) groups excluding carboxylic acids is 1. The predicted molar refractivity (Wildman–Crippen MR) is 90.1 cm³/mol. The quantitative estimate of drug-likeness (QED) is 0.914. The van der Waals surface area contributed by atoms with Crippen LogP contribution in [0.2, 0.25) is 5.02 Å². The first-order chi connectivity index (χ1) is 10.8. The Bertz CT molecular complexity index is 552. The summed E-state index contributed by atoms with van der Waals surface area (Å²) >= 11 is 6.29. The Morgan fingerprint density at radius 3 is 2.52 bits per heavy atom. The van der Waals surface area contributed by atoms with Crippen LogP contribution in [-0.2, 0) is 11.2 Å². The molecule has 0 aromatic carbocycles. The summed E-state index contributed by atoms with van der Waals surface area (Å²) < 4.78 is 5.39. The molecule has 0 aliphatic carbocycles. The average molecular weight is 342 g/mol. The van der Waals surface area contributed by atoms with Crippen molar-refractivity contribution in [2.24, 2.45) is 0 Å². The van der Waals surface area contributed by atoms with E-state index < -0.39 is 5.60 Å². The van der Waals surface area contributed by atoms with E-state index in [0.717, 1.165) is 11.4 Å². The molecule has 1 aliphatic rings. The van der Waals surface area contributed by atoms with E-state index >= 15 is 0 Å². The molecule has 0 unspecified atom stereocenters. The summed E-state index contributed by atoms with van der Waals surface area (Å²) in [6.45, 7) is 8.12. The number of piperazine rings is 1. The lowest BCUT2D eigenvalue weighted by atomic mass is 10.2. The lowest BCUT2D eigenvalue weighted by Gasteiger charge is -2.36. The van der Waals surface area contributed by atoms with Gasteiger partial charge in [-0.15, -0.1) is 0 Å². The molecule has 2 rings (SSSR count). The average Bonchev–Trinajstić information content (AvgIpc) is 2.46. The molecule has 1 aliphatic heterocycles. The molecular weight excluding hydrogens is 318 g/mol. The molecule has 1 fully saturated rings. The third kappa shape index (κ3) is 4.97. The number of hydrogen-bond donors (Lipinski definition) is 1. The molecule has 0 bridgehead atoms. The fourth-order valence-corrected chi connectivity index (χ4v) is 2.70. The van der Waals surface area contributed by atoms with Gasteiger partial charge in [-0.3, -0.25) is 0 Å². The summed E-state index contributed by atoms with van der Waals surface area (Å²) in [7, 11) is 0. The van der Waals surface area contributed by atoms with E-state index in [0.29, 0.717) is 37.6 Å². The predicted octanol–water partition coefficient (Wildman–Crippen LogP) is 2.33. The number of anilines is 1. The minimum absolute atomic E-state index is 0.0753. The number of aromatic nitrogens is 1. The van der Waals surface area contributed by atoms with Gasteiger partial charge in [0.2, 0.25) is 0 Å². The maximum Gasteiger partial charge on any atom is 0.410 e. The van der Waals surface area contributed by atoms with Crippen molar-refractivity contribution in [1.82, 2.24) is 9.88 Å². The molecular formula is C16H24ClN3O3. The van der Waals surface area contributed by atoms with Gasteiger partial charge in [0.15, 0.2) is 0 Å². The molecule has 7 heteroatoms. The van der Waals surface area contributed by atoms with Crippen LogP contribution in [0.5, 0.6) is 0 Å². The minimum Gasteiger partial charge on any atom is -0.444 e. The van der Waals surface area contributed by atoms with Gasteiger partial charge < -0.3 is 19.6 Å². The zero-order valence-corrected chi connectivity index (χ0v) is 14.6. The molecule has 0 atom stereocenters. The van der Waals surface area contributed by atoms with E-state index in [4.69, 9.17) is 21.4 Å². The Balaban J connectivity index is 1.95. The van der Waals surface area contributed by atoms with Gasteiger partial charge >= 0.3 is 6.09 Å². The second kappa shape index (κ2) is 7.36. The summed E-state index contributed by atoms with van der Waals surface area (Å²) in [4.78, 5) is 20.2. The molecule has 0 saturated carbocycles. The Morgan fingerprint density at radius 2 is 2.00 bits per heavy atom. The van der Waals surface area contributed by atoms with Gasteiger partial charge in [0.05, 0.1) is 5.02 Å². The van der Waals surface area contributed by atoms with E-state index in [1.807, 2.05) is 26.8 Å². The number of hydrogen-bond acceptors (Lipinski definition) is 5. The summed E-state index contributed by atoms with van der Waals surface area (Å²) in [5.74, 6) is 0.720. The van der Waals surface area contributed by atoms with Gasteiger partial charge in [0.25, 0.3) is 0 Å². The maximum atomic E-state index is 12.1. The fourth-order valence-electron chi connectivity index (χ4n) is 2.40. The fraction of sp³-hybridized carbons (Fsp3) is 0.625. The summed E-state index contributed by atoms with van der Waals surface area (Å²) in [6.07, 6.45) is 1.99. The number of halogens is 1. The van der Waals surface area contributed by atoms with E-state index in [1.54, 1.807) is 11.1 Å². The highest BCUT2D eigenvalue weighted by Crippen LogP contribution is 2.25. The van der Waals surface area contributed by atoms with Crippen molar-refractivity contribution in [1.29, 1.82) is 0 Å². The number of carbonyl (C=O) groups is 1. The lowest BCUT2D eigenvalue weighted by molar-refractivity contribution is 0.0240. The number of aliphatic hydroxyl groups is 1. The SMILES string of the molecule is CC(C)(C)OC(=O)N1CCN(c2ncc(CCO)cc2Cl)CC1. The Kier molecular flexibility index (Phi) is 5.70. The maximum absolute atomic E-state index is 12.1. The highest BCUT2D eigenvalue weighted by molar-refractivity contribution is 6.33.